The summed E-state index contributed by atoms with van der Waals surface area (Å²) < 4.78 is 214. The number of alkyl halides is 15. The summed E-state index contributed by atoms with van der Waals surface area (Å²) in [6, 6.07) is 0. The normalized spacial score (nSPS) is 16.3. The largest absolute Gasteiger partial charge is 0.510 e. The minimum absolute atomic E-state index is 0.125. The number of hydrogen-bond donors (Lipinski definition) is 0. The third kappa shape index (κ3) is 7.70. The van der Waals surface area contributed by atoms with Crippen molar-refractivity contribution in [3.05, 3.63) is 0 Å². The fourth-order valence-electron chi connectivity index (χ4n) is 2.95. The summed E-state index contributed by atoms with van der Waals surface area (Å²) in [7, 11) is 0. The summed E-state index contributed by atoms with van der Waals surface area (Å²) in [5.41, 5.74) is -17.5. The highest BCUT2D eigenvalue weighted by atomic mass is 19.4. The van der Waals surface area contributed by atoms with Gasteiger partial charge in [0.25, 0.3) is 0 Å². The van der Waals surface area contributed by atoms with Crippen LogP contribution < -0.4 is 0 Å². The van der Waals surface area contributed by atoms with E-state index in [2.05, 4.69) is 14.2 Å². The Morgan fingerprint density at radius 1 is 0.525 bits per heavy atom. The summed E-state index contributed by atoms with van der Waals surface area (Å²) in [4.78, 5) is 23.7. The van der Waals surface area contributed by atoms with E-state index in [1.54, 1.807) is 0 Å². The number of hydrogen-bond acceptors (Lipinski definition) is 5. The third-order valence-electron chi connectivity index (χ3n) is 5.59. The maximum absolute atomic E-state index is 13.7. The molecule has 1 unspecified atom stereocenters. The van der Waals surface area contributed by atoms with Crippen molar-refractivity contribution in [2.45, 2.75) is 108 Å². The minimum atomic E-state index is -6.90. The highest BCUT2D eigenvalue weighted by Gasteiger charge is 2.77. The number of carbonyl (C=O) groups excluding carboxylic acids is 2. The molecule has 0 bridgehead atoms. The van der Waals surface area contributed by atoms with Crippen molar-refractivity contribution in [3.63, 3.8) is 0 Å². The maximum atomic E-state index is 13.7. The van der Waals surface area contributed by atoms with Crippen molar-refractivity contribution in [2.75, 3.05) is 0 Å². The van der Waals surface area contributed by atoms with Crippen molar-refractivity contribution in [1.82, 2.24) is 0 Å². The van der Waals surface area contributed by atoms with Gasteiger partial charge < -0.3 is 14.2 Å². The van der Waals surface area contributed by atoms with E-state index in [0.717, 1.165) is 20.8 Å². The van der Waals surface area contributed by atoms with Gasteiger partial charge in [0.2, 0.25) is 0 Å². The molecule has 0 aromatic carbocycles. The molecule has 0 spiro atoms. The number of carbonyl (C=O) groups is 2. The second-order valence-electron chi connectivity index (χ2n) is 9.64. The second-order valence-corrected chi connectivity index (χ2v) is 9.64. The van der Waals surface area contributed by atoms with Gasteiger partial charge >= 0.3 is 54.2 Å². The van der Waals surface area contributed by atoms with Crippen LogP contribution >= 0.6 is 0 Å². The lowest BCUT2D eigenvalue weighted by Crippen LogP contribution is -2.63. The van der Waals surface area contributed by atoms with E-state index in [-0.39, 0.29) is 6.92 Å². The smallest absolute Gasteiger partial charge is 0.439 e. The van der Waals surface area contributed by atoms with Crippen molar-refractivity contribution >= 4 is 12.1 Å². The molecule has 238 valence electrons. The Morgan fingerprint density at radius 2 is 0.850 bits per heavy atom. The molecule has 0 N–H and O–H groups in total. The van der Waals surface area contributed by atoms with Crippen LogP contribution in [0.1, 0.15) is 60.3 Å². The van der Waals surface area contributed by atoms with Crippen molar-refractivity contribution in [3.8, 4) is 0 Å². The average Bonchev–Trinajstić information content (AvgIpc) is 2.65. The first kappa shape index (κ1) is 37.7. The summed E-state index contributed by atoms with van der Waals surface area (Å²) in [5.74, 6) is -3.15. The predicted molar refractivity (Wildman–Crippen MR) is 101 cm³/mol. The predicted octanol–water partition coefficient (Wildman–Crippen LogP) is 8.36. The summed E-state index contributed by atoms with van der Waals surface area (Å²) in [5, 5.41) is 0. The van der Waals surface area contributed by atoms with Crippen LogP contribution in [0.2, 0.25) is 0 Å². The SMILES string of the molecule is CCC(C)(C(=O)OC(CCCC(OC(=O)OC(C)(C)C)(C(F)(F)F)C(F)(F)F)(C(F)(F)F)C(F)(F)F)C(F)(F)F. The molecule has 5 nitrogen and oxygen atoms in total. The van der Waals surface area contributed by atoms with Gasteiger partial charge in [-0.05, 0) is 40.5 Å². The summed E-state index contributed by atoms with van der Waals surface area (Å²) in [6.45, 7) is 3.28. The van der Waals surface area contributed by atoms with Crippen LogP contribution in [0.5, 0.6) is 0 Å². The van der Waals surface area contributed by atoms with Crippen molar-refractivity contribution in [2.24, 2.45) is 5.41 Å². The Labute approximate surface area is 216 Å². The highest BCUT2D eigenvalue weighted by Crippen LogP contribution is 2.54. The number of halogens is 15. The topological polar surface area (TPSA) is 61.8 Å². The molecule has 1 atom stereocenters. The zero-order valence-corrected chi connectivity index (χ0v) is 21.0. The summed E-state index contributed by atoms with van der Waals surface area (Å²) in [6.07, 6.45) is -45.4. The van der Waals surface area contributed by atoms with Gasteiger partial charge in [-0.1, -0.05) is 6.92 Å². The van der Waals surface area contributed by atoms with Crippen LogP contribution in [0, 0.1) is 5.41 Å². The Kier molecular flexibility index (Phi) is 10.5. The molecule has 0 rings (SSSR count). The molecule has 0 aliphatic heterocycles. The standard InChI is InChI=1S/C20H23F15O5/c1-6-13(5,16(21,22)23)10(36)38-14(17(24,25)26,18(27,28)29)8-7-9-15(19(30,31)32,20(33,34)35)40-11(37)39-12(2,3)4/h6-9H2,1-5H3. The van der Waals surface area contributed by atoms with Crippen LogP contribution in [0.4, 0.5) is 70.7 Å². The van der Waals surface area contributed by atoms with Gasteiger partial charge in [-0.25, -0.2) is 4.79 Å². The molecule has 0 aromatic heterocycles. The van der Waals surface area contributed by atoms with Crippen molar-refractivity contribution < 1.29 is 89.7 Å². The minimum Gasteiger partial charge on any atom is -0.439 e. The molecule has 0 radical (unpaired) electrons. The molecular formula is C20H23F15O5. The van der Waals surface area contributed by atoms with E-state index in [9.17, 15) is 75.4 Å². The molecule has 0 saturated heterocycles. The number of rotatable bonds is 8. The fraction of sp³-hybridized carbons (Fsp3) is 0.900. The lowest BCUT2D eigenvalue weighted by Gasteiger charge is -2.41. The highest BCUT2D eigenvalue weighted by molar-refractivity contribution is 5.78. The molecule has 20 heteroatoms. The molecule has 0 saturated carbocycles. The van der Waals surface area contributed by atoms with Crippen LogP contribution in [0.15, 0.2) is 0 Å². The van der Waals surface area contributed by atoms with E-state index < -0.39 is 90.9 Å². The Bertz CT molecular complexity index is 863. The maximum Gasteiger partial charge on any atom is 0.510 e. The van der Waals surface area contributed by atoms with E-state index >= 15 is 0 Å². The summed E-state index contributed by atoms with van der Waals surface area (Å²) >= 11 is 0. The van der Waals surface area contributed by atoms with Crippen LogP contribution in [0.25, 0.3) is 0 Å². The first-order chi connectivity index (χ1) is 17.2. The lowest BCUT2D eigenvalue weighted by molar-refractivity contribution is -0.382. The number of esters is 1. The van der Waals surface area contributed by atoms with E-state index in [4.69, 9.17) is 0 Å². The van der Waals surface area contributed by atoms with Gasteiger partial charge in [-0.15, -0.1) is 0 Å². The first-order valence-corrected chi connectivity index (χ1v) is 10.7. The monoisotopic (exact) mass is 628 g/mol. The second kappa shape index (κ2) is 11.2. The first-order valence-electron chi connectivity index (χ1n) is 10.7. The van der Waals surface area contributed by atoms with Crippen LogP contribution in [0.3, 0.4) is 0 Å². The molecular weight excluding hydrogens is 605 g/mol. The quantitative estimate of drug-likeness (QED) is 0.200. The van der Waals surface area contributed by atoms with Crippen LogP contribution in [-0.4, -0.2) is 59.8 Å². The van der Waals surface area contributed by atoms with Gasteiger partial charge in [0, 0.05) is 12.8 Å². The zero-order valence-electron chi connectivity index (χ0n) is 21.0. The van der Waals surface area contributed by atoms with E-state index in [1.807, 2.05) is 0 Å². The van der Waals surface area contributed by atoms with Gasteiger partial charge in [-0.3, -0.25) is 4.79 Å². The Balaban J connectivity index is 6.79. The Morgan fingerprint density at radius 3 is 1.10 bits per heavy atom. The zero-order chi connectivity index (χ0) is 32.6. The van der Waals surface area contributed by atoms with Gasteiger partial charge in [0.1, 0.15) is 5.60 Å². The molecule has 0 aliphatic carbocycles. The molecule has 40 heavy (non-hydrogen) atoms. The van der Waals surface area contributed by atoms with E-state index in [1.165, 1.54) is 0 Å². The molecule has 0 amide bonds. The van der Waals surface area contributed by atoms with Crippen molar-refractivity contribution in [1.29, 1.82) is 0 Å². The van der Waals surface area contributed by atoms with Crippen LogP contribution in [-0.2, 0) is 19.0 Å². The van der Waals surface area contributed by atoms with E-state index in [0.29, 0.717) is 6.92 Å². The van der Waals surface area contributed by atoms with Gasteiger partial charge in [0.15, 0.2) is 5.41 Å². The number of ether oxygens (including phenoxy) is 3. The Hall–Kier alpha value is -2.31. The lowest BCUT2D eigenvalue weighted by atomic mass is 9.85. The molecule has 0 heterocycles. The third-order valence-corrected chi connectivity index (χ3v) is 5.59. The van der Waals surface area contributed by atoms with Gasteiger partial charge in [-0.2, -0.15) is 65.9 Å². The average molecular weight is 628 g/mol. The molecule has 0 fully saturated rings. The fourth-order valence-corrected chi connectivity index (χ4v) is 2.95. The molecule has 0 aliphatic rings. The molecule has 0 aromatic rings. The van der Waals surface area contributed by atoms with Gasteiger partial charge in [0.05, 0.1) is 0 Å².